The molecule has 196 valence electrons. The Morgan fingerprint density at radius 3 is 2.49 bits per heavy atom. The lowest BCUT2D eigenvalue weighted by atomic mass is 9.96. The summed E-state index contributed by atoms with van der Waals surface area (Å²) in [6.07, 6.45) is 1.35. The molecule has 1 aliphatic rings. The molecule has 0 spiro atoms. The smallest absolute Gasteiger partial charge is 0.321 e. The zero-order valence-electron chi connectivity index (χ0n) is 21.0. The van der Waals surface area contributed by atoms with Crippen LogP contribution in [-0.4, -0.2) is 49.0 Å². The summed E-state index contributed by atoms with van der Waals surface area (Å²) in [4.78, 5) is 35.4. The maximum Gasteiger partial charge on any atom is 0.321 e. The Balaban J connectivity index is 1.16. The molecule has 0 radical (unpaired) electrons. The van der Waals surface area contributed by atoms with Gasteiger partial charge in [-0.2, -0.15) is 0 Å². The lowest BCUT2D eigenvalue weighted by molar-refractivity contribution is 0.193. The molecule has 3 aromatic carbocycles. The van der Waals surface area contributed by atoms with Crippen molar-refractivity contribution in [3.8, 4) is 11.1 Å². The van der Waals surface area contributed by atoms with Crippen LogP contribution in [0, 0.1) is 0 Å². The number of urea groups is 1. The van der Waals surface area contributed by atoms with Crippen LogP contribution in [0.2, 0.25) is 5.02 Å². The minimum Gasteiger partial charge on any atom is -0.324 e. The third-order valence-electron chi connectivity index (χ3n) is 7.09. The lowest BCUT2D eigenvalue weighted by Crippen LogP contribution is -2.41. The number of carbonyl (C=O) groups is 1. The fourth-order valence-corrected chi connectivity index (χ4v) is 5.18. The van der Waals surface area contributed by atoms with Gasteiger partial charge >= 0.3 is 6.03 Å². The van der Waals surface area contributed by atoms with E-state index in [0.717, 1.165) is 22.4 Å². The Hall–Kier alpha value is -4.50. The van der Waals surface area contributed by atoms with Gasteiger partial charge in [0.05, 0.1) is 12.2 Å². The molecule has 0 aliphatic carbocycles. The number of H-pyrrole nitrogens is 1. The van der Waals surface area contributed by atoms with Crippen LogP contribution in [-0.2, 0) is 6.54 Å². The molecule has 2 amide bonds. The van der Waals surface area contributed by atoms with E-state index in [4.69, 9.17) is 16.6 Å². The highest BCUT2D eigenvalue weighted by Crippen LogP contribution is 2.30. The number of para-hydroxylation sites is 1. The fraction of sp³-hybridized carbons (Fsp3) is 0.207. The Labute approximate surface area is 229 Å². The Morgan fingerprint density at radius 1 is 0.974 bits per heavy atom. The molecule has 3 heterocycles. The molecule has 2 N–H and O–H groups in total. The Kier molecular flexibility index (Phi) is 6.81. The van der Waals surface area contributed by atoms with Gasteiger partial charge < -0.3 is 15.2 Å². The minimum atomic E-state index is -0.321. The van der Waals surface area contributed by atoms with Crippen LogP contribution in [0.5, 0.6) is 0 Å². The highest BCUT2D eigenvalue weighted by atomic mass is 35.5. The van der Waals surface area contributed by atoms with Gasteiger partial charge in [0.25, 0.3) is 5.56 Å². The third kappa shape index (κ3) is 5.13. The number of hydrogen-bond acceptors (Lipinski definition) is 5. The number of rotatable bonds is 5. The van der Waals surface area contributed by atoms with Gasteiger partial charge in [0, 0.05) is 29.6 Å². The zero-order valence-corrected chi connectivity index (χ0v) is 21.8. The van der Waals surface area contributed by atoms with Crippen LogP contribution in [0.1, 0.15) is 30.1 Å². The van der Waals surface area contributed by atoms with Crippen LogP contribution >= 0.6 is 11.6 Å². The van der Waals surface area contributed by atoms with E-state index in [9.17, 15) is 9.59 Å². The monoisotopic (exact) mass is 539 g/mol. The van der Waals surface area contributed by atoms with E-state index in [1.807, 2.05) is 78.9 Å². The predicted octanol–water partition coefficient (Wildman–Crippen LogP) is 5.29. The molecule has 1 aliphatic heterocycles. The highest BCUT2D eigenvalue weighted by molar-refractivity contribution is 6.31. The van der Waals surface area contributed by atoms with Crippen molar-refractivity contribution in [2.24, 2.45) is 0 Å². The summed E-state index contributed by atoms with van der Waals surface area (Å²) >= 11 is 6.32. The first-order valence-electron chi connectivity index (χ1n) is 12.8. The average molecular weight is 540 g/mol. The number of piperidine rings is 1. The van der Waals surface area contributed by atoms with Gasteiger partial charge in [-0.1, -0.05) is 83.5 Å². The Morgan fingerprint density at radius 2 is 1.69 bits per heavy atom. The fourth-order valence-electron chi connectivity index (χ4n) is 4.98. The van der Waals surface area contributed by atoms with Crippen molar-refractivity contribution >= 4 is 34.5 Å². The van der Waals surface area contributed by atoms with Crippen molar-refractivity contribution in [3.63, 3.8) is 0 Å². The maximum atomic E-state index is 13.1. The second-order valence-electron chi connectivity index (χ2n) is 9.56. The summed E-state index contributed by atoms with van der Waals surface area (Å²) < 4.78 is 1.60. The van der Waals surface area contributed by atoms with Crippen LogP contribution in [0.4, 0.5) is 10.5 Å². The molecule has 2 aromatic heterocycles. The number of aromatic amines is 1. The van der Waals surface area contributed by atoms with Crippen molar-refractivity contribution in [1.29, 1.82) is 0 Å². The van der Waals surface area contributed by atoms with E-state index in [0.29, 0.717) is 49.0 Å². The molecule has 0 saturated carbocycles. The van der Waals surface area contributed by atoms with E-state index in [1.54, 1.807) is 9.58 Å². The summed E-state index contributed by atoms with van der Waals surface area (Å²) in [5.41, 5.74) is 3.94. The van der Waals surface area contributed by atoms with Crippen LogP contribution < -0.4 is 10.9 Å². The number of aromatic nitrogens is 5. The maximum absolute atomic E-state index is 13.1. The number of carbonyl (C=O) groups excluding carboxylic acids is 1. The molecule has 1 saturated heterocycles. The molecule has 6 rings (SSSR count). The molecule has 39 heavy (non-hydrogen) atoms. The number of likely N-dealkylation sites (tertiary alicyclic amines) is 1. The predicted molar refractivity (Wildman–Crippen MR) is 151 cm³/mol. The van der Waals surface area contributed by atoms with Crippen LogP contribution in [0.3, 0.4) is 0 Å². The lowest BCUT2D eigenvalue weighted by Gasteiger charge is -2.31. The largest absolute Gasteiger partial charge is 0.324 e. The van der Waals surface area contributed by atoms with Gasteiger partial charge in [-0.25, -0.2) is 14.5 Å². The van der Waals surface area contributed by atoms with Crippen molar-refractivity contribution in [3.05, 3.63) is 106 Å². The van der Waals surface area contributed by atoms with E-state index in [1.165, 1.54) is 0 Å². The number of benzene rings is 3. The van der Waals surface area contributed by atoms with Gasteiger partial charge in [-0.3, -0.25) is 4.79 Å². The minimum absolute atomic E-state index is 0.00594. The van der Waals surface area contributed by atoms with E-state index in [2.05, 4.69) is 20.6 Å². The summed E-state index contributed by atoms with van der Waals surface area (Å²) in [5, 5.41) is 11.9. The number of halogens is 1. The van der Waals surface area contributed by atoms with Gasteiger partial charge in [-0.05, 0) is 36.1 Å². The van der Waals surface area contributed by atoms with Crippen LogP contribution in [0.15, 0.2) is 83.7 Å². The topological polar surface area (TPSA) is 109 Å². The van der Waals surface area contributed by atoms with Crippen molar-refractivity contribution in [2.75, 3.05) is 18.4 Å². The zero-order chi connectivity index (χ0) is 26.8. The number of anilines is 1. The summed E-state index contributed by atoms with van der Waals surface area (Å²) in [5.74, 6) is 0.594. The standard InChI is InChI=1S/C29H26ClN7O2/c30-23-12-6-4-10-21(23)18-37-27-25(34-35-37)28(38)33-26(32-27)20-14-16-36(17-15-20)29(39)31-24-13-7-5-11-22(24)19-8-2-1-3-9-19/h1-13,20H,14-18H2,(H,31,39)(H,32,33,38). The van der Waals surface area contributed by atoms with Gasteiger partial charge in [-0.15, -0.1) is 5.10 Å². The van der Waals surface area contributed by atoms with Gasteiger partial charge in [0.2, 0.25) is 0 Å². The van der Waals surface area contributed by atoms with E-state index in [-0.39, 0.29) is 23.0 Å². The third-order valence-corrected chi connectivity index (χ3v) is 7.46. The number of hydrogen-bond donors (Lipinski definition) is 2. The molecular formula is C29H26ClN7O2. The molecule has 1 fully saturated rings. The van der Waals surface area contributed by atoms with Gasteiger partial charge in [0.1, 0.15) is 5.82 Å². The Bertz CT molecular complexity index is 1690. The molecular weight excluding hydrogens is 514 g/mol. The van der Waals surface area contributed by atoms with Crippen LogP contribution in [0.25, 0.3) is 22.3 Å². The molecule has 0 unspecified atom stereocenters. The highest BCUT2D eigenvalue weighted by Gasteiger charge is 2.27. The SMILES string of the molecule is O=C(Nc1ccccc1-c1ccccc1)N1CCC(c2nc3c(nnn3Cc3ccccc3Cl)c(=O)[nH]2)CC1. The quantitative estimate of drug-likeness (QED) is 0.315. The van der Waals surface area contributed by atoms with Crippen molar-refractivity contribution in [2.45, 2.75) is 25.3 Å². The summed E-state index contributed by atoms with van der Waals surface area (Å²) in [6, 6.07) is 25.1. The first kappa shape index (κ1) is 24.8. The molecule has 10 heteroatoms. The molecule has 9 nitrogen and oxygen atoms in total. The van der Waals surface area contributed by atoms with Crippen molar-refractivity contribution < 1.29 is 4.79 Å². The van der Waals surface area contributed by atoms with E-state index < -0.39 is 0 Å². The summed E-state index contributed by atoms with van der Waals surface area (Å²) in [7, 11) is 0. The van der Waals surface area contributed by atoms with E-state index >= 15 is 0 Å². The molecule has 0 bridgehead atoms. The van der Waals surface area contributed by atoms with Gasteiger partial charge in [0.15, 0.2) is 11.2 Å². The molecule has 0 atom stereocenters. The number of nitrogens with zero attached hydrogens (tertiary/aromatic N) is 5. The number of amides is 2. The molecule has 5 aromatic rings. The normalized spacial score (nSPS) is 14.0. The van der Waals surface area contributed by atoms with Crippen molar-refractivity contribution in [1.82, 2.24) is 29.9 Å². The number of nitrogens with one attached hydrogen (secondary N) is 2. The first-order chi connectivity index (χ1) is 19.1. The second-order valence-corrected chi connectivity index (χ2v) is 9.97. The summed E-state index contributed by atoms with van der Waals surface area (Å²) in [6.45, 7) is 1.45. The average Bonchev–Trinajstić information content (AvgIpc) is 3.38. The first-order valence-corrected chi connectivity index (χ1v) is 13.2. The number of fused-ring (bicyclic) bond motifs is 1. The second kappa shape index (κ2) is 10.7.